The molecule has 88 valence electrons. The SMILES string of the molecule is Cc1cccc(Nc2scnc2C(=O)O)c1Br. The third-order valence-electron chi connectivity index (χ3n) is 2.21. The van der Waals surface area contributed by atoms with Gasteiger partial charge < -0.3 is 10.4 Å². The van der Waals surface area contributed by atoms with Crippen LogP contribution in [-0.4, -0.2) is 16.1 Å². The molecule has 1 heterocycles. The highest BCUT2D eigenvalue weighted by Gasteiger charge is 2.14. The van der Waals surface area contributed by atoms with Crippen molar-refractivity contribution in [2.75, 3.05) is 5.32 Å². The second-order valence-corrected chi connectivity index (χ2v) is 5.04. The van der Waals surface area contributed by atoms with E-state index >= 15 is 0 Å². The average molecular weight is 313 g/mol. The molecule has 0 aliphatic carbocycles. The van der Waals surface area contributed by atoms with E-state index in [2.05, 4.69) is 26.2 Å². The Morgan fingerprint density at radius 3 is 3.00 bits per heavy atom. The van der Waals surface area contributed by atoms with Gasteiger partial charge in [-0.25, -0.2) is 9.78 Å². The molecular formula is C11H9BrN2O2S. The zero-order valence-electron chi connectivity index (χ0n) is 8.90. The molecule has 0 saturated carbocycles. The molecule has 0 aliphatic heterocycles. The summed E-state index contributed by atoms with van der Waals surface area (Å²) in [7, 11) is 0. The Morgan fingerprint density at radius 2 is 2.29 bits per heavy atom. The Bertz CT molecular complexity index is 568. The largest absolute Gasteiger partial charge is 0.476 e. The molecule has 0 bridgehead atoms. The summed E-state index contributed by atoms with van der Waals surface area (Å²) in [4.78, 5) is 14.7. The monoisotopic (exact) mass is 312 g/mol. The topological polar surface area (TPSA) is 62.2 Å². The summed E-state index contributed by atoms with van der Waals surface area (Å²) in [6.07, 6.45) is 0. The number of thiazole rings is 1. The highest BCUT2D eigenvalue weighted by molar-refractivity contribution is 9.10. The van der Waals surface area contributed by atoms with Crippen LogP contribution in [0.3, 0.4) is 0 Å². The Morgan fingerprint density at radius 1 is 1.53 bits per heavy atom. The average Bonchev–Trinajstić information content (AvgIpc) is 2.73. The minimum Gasteiger partial charge on any atom is -0.476 e. The van der Waals surface area contributed by atoms with Crippen molar-refractivity contribution in [1.82, 2.24) is 4.98 Å². The standard InChI is InChI=1S/C11H9BrN2O2S/c1-6-3-2-4-7(8(6)12)14-10-9(11(15)16)13-5-17-10/h2-5,14H,1H3,(H,15,16). The van der Waals surface area contributed by atoms with Crippen LogP contribution in [0.1, 0.15) is 16.1 Å². The van der Waals surface area contributed by atoms with Crippen LogP contribution >= 0.6 is 27.3 Å². The van der Waals surface area contributed by atoms with Crippen molar-refractivity contribution in [2.24, 2.45) is 0 Å². The van der Waals surface area contributed by atoms with Crippen molar-refractivity contribution >= 4 is 43.9 Å². The highest BCUT2D eigenvalue weighted by Crippen LogP contribution is 2.31. The summed E-state index contributed by atoms with van der Waals surface area (Å²) < 4.78 is 0.921. The number of benzene rings is 1. The zero-order chi connectivity index (χ0) is 12.4. The van der Waals surface area contributed by atoms with Crippen LogP contribution in [0.5, 0.6) is 0 Å². The molecule has 0 saturated heterocycles. The number of carboxylic acid groups (broad SMARTS) is 1. The maximum Gasteiger partial charge on any atom is 0.357 e. The number of carbonyl (C=O) groups is 1. The molecule has 0 amide bonds. The Labute approximate surface area is 110 Å². The smallest absolute Gasteiger partial charge is 0.357 e. The first kappa shape index (κ1) is 12.1. The minimum absolute atomic E-state index is 0.0448. The zero-order valence-corrected chi connectivity index (χ0v) is 11.3. The quantitative estimate of drug-likeness (QED) is 0.908. The fourth-order valence-corrected chi connectivity index (χ4v) is 2.40. The second kappa shape index (κ2) is 4.85. The molecule has 17 heavy (non-hydrogen) atoms. The van der Waals surface area contributed by atoms with E-state index in [4.69, 9.17) is 5.11 Å². The molecule has 0 unspecified atom stereocenters. The van der Waals surface area contributed by atoms with E-state index in [1.54, 1.807) is 0 Å². The number of carboxylic acids is 1. The third-order valence-corrected chi connectivity index (χ3v) is 4.00. The number of nitrogens with one attached hydrogen (secondary N) is 1. The van der Waals surface area contributed by atoms with Crippen molar-refractivity contribution in [2.45, 2.75) is 6.92 Å². The van der Waals surface area contributed by atoms with Gasteiger partial charge in [0.1, 0.15) is 5.00 Å². The highest BCUT2D eigenvalue weighted by atomic mass is 79.9. The van der Waals surface area contributed by atoms with Gasteiger partial charge in [0.25, 0.3) is 0 Å². The summed E-state index contributed by atoms with van der Waals surface area (Å²) >= 11 is 4.73. The number of nitrogens with zero attached hydrogens (tertiary/aromatic N) is 1. The molecule has 0 fully saturated rings. The first-order valence-corrected chi connectivity index (χ1v) is 6.46. The number of rotatable bonds is 3. The van der Waals surface area contributed by atoms with Gasteiger partial charge in [-0.1, -0.05) is 12.1 Å². The molecule has 2 N–H and O–H groups in total. The number of hydrogen-bond acceptors (Lipinski definition) is 4. The summed E-state index contributed by atoms with van der Waals surface area (Å²) in [6, 6.07) is 5.76. The van der Waals surface area contributed by atoms with Crippen LogP contribution in [0.15, 0.2) is 28.2 Å². The number of aryl methyl sites for hydroxylation is 1. The van der Waals surface area contributed by atoms with E-state index in [0.29, 0.717) is 5.00 Å². The van der Waals surface area contributed by atoms with E-state index in [1.165, 1.54) is 16.8 Å². The summed E-state index contributed by atoms with van der Waals surface area (Å²) in [5.74, 6) is -1.03. The predicted molar refractivity (Wildman–Crippen MR) is 71.2 cm³/mol. The Hall–Kier alpha value is -1.40. The predicted octanol–water partition coefficient (Wildman–Crippen LogP) is 3.66. The lowest BCUT2D eigenvalue weighted by atomic mass is 10.2. The lowest BCUT2D eigenvalue weighted by Crippen LogP contribution is -2.01. The molecule has 0 radical (unpaired) electrons. The van der Waals surface area contributed by atoms with Crippen molar-refractivity contribution in [3.8, 4) is 0 Å². The van der Waals surface area contributed by atoms with Gasteiger partial charge in [0.15, 0.2) is 5.69 Å². The third kappa shape index (κ3) is 2.48. The molecule has 0 spiro atoms. The number of aromatic carboxylic acids is 1. The molecular weight excluding hydrogens is 304 g/mol. The maximum absolute atomic E-state index is 10.9. The number of anilines is 2. The van der Waals surface area contributed by atoms with Crippen LogP contribution in [0.4, 0.5) is 10.7 Å². The molecule has 4 nitrogen and oxygen atoms in total. The normalized spacial score (nSPS) is 10.2. The van der Waals surface area contributed by atoms with Crippen molar-refractivity contribution in [3.05, 3.63) is 39.4 Å². The maximum atomic E-state index is 10.9. The molecule has 1 aromatic carbocycles. The van der Waals surface area contributed by atoms with Crippen molar-refractivity contribution in [1.29, 1.82) is 0 Å². The van der Waals surface area contributed by atoms with E-state index in [9.17, 15) is 4.79 Å². The summed E-state index contributed by atoms with van der Waals surface area (Å²) in [6.45, 7) is 1.97. The van der Waals surface area contributed by atoms with Crippen LogP contribution in [0.25, 0.3) is 0 Å². The number of aromatic nitrogens is 1. The van der Waals surface area contributed by atoms with Crippen molar-refractivity contribution < 1.29 is 9.90 Å². The second-order valence-electron chi connectivity index (χ2n) is 3.40. The minimum atomic E-state index is -1.03. The number of halogens is 1. The van der Waals surface area contributed by atoms with E-state index < -0.39 is 5.97 Å². The van der Waals surface area contributed by atoms with Gasteiger partial charge in [0.05, 0.1) is 11.2 Å². The van der Waals surface area contributed by atoms with Gasteiger partial charge in [-0.3, -0.25) is 0 Å². The van der Waals surface area contributed by atoms with E-state index in [1.807, 2.05) is 25.1 Å². The molecule has 2 aromatic rings. The van der Waals surface area contributed by atoms with Crippen LogP contribution in [0, 0.1) is 6.92 Å². The molecule has 0 atom stereocenters. The lowest BCUT2D eigenvalue weighted by Gasteiger charge is -2.08. The van der Waals surface area contributed by atoms with Gasteiger partial charge in [-0.2, -0.15) is 0 Å². The first-order chi connectivity index (χ1) is 8.09. The van der Waals surface area contributed by atoms with E-state index in [-0.39, 0.29) is 5.69 Å². The first-order valence-electron chi connectivity index (χ1n) is 4.78. The Kier molecular flexibility index (Phi) is 3.44. The van der Waals surface area contributed by atoms with E-state index in [0.717, 1.165) is 15.7 Å². The van der Waals surface area contributed by atoms with Gasteiger partial charge in [-0.05, 0) is 34.5 Å². The fraction of sp³-hybridized carbons (Fsp3) is 0.0909. The van der Waals surface area contributed by atoms with Gasteiger partial charge >= 0.3 is 5.97 Å². The van der Waals surface area contributed by atoms with Crippen LogP contribution in [-0.2, 0) is 0 Å². The van der Waals surface area contributed by atoms with Crippen LogP contribution < -0.4 is 5.32 Å². The summed E-state index contributed by atoms with van der Waals surface area (Å²) in [5, 5.41) is 12.6. The van der Waals surface area contributed by atoms with Gasteiger partial charge in [0.2, 0.25) is 0 Å². The summed E-state index contributed by atoms with van der Waals surface area (Å²) in [5.41, 5.74) is 3.46. The van der Waals surface area contributed by atoms with Gasteiger partial charge in [-0.15, -0.1) is 11.3 Å². The molecule has 1 aromatic heterocycles. The Balaban J connectivity index is 2.35. The van der Waals surface area contributed by atoms with Gasteiger partial charge in [0, 0.05) is 4.47 Å². The number of hydrogen-bond donors (Lipinski definition) is 2. The van der Waals surface area contributed by atoms with Crippen molar-refractivity contribution in [3.63, 3.8) is 0 Å². The fourth-order valence-electron chi connectivity index (χ4n) is 1.35. The molecule has 0 aliphatic rings. The van der Waals surface area contributed by atoms with Crippen LogP contribution in [0.2, 0.25) is 0 Å². The lowest BCUT2D eigenvalue weighted by molar-refractivity contribution is 0.0692. The molecule has 6 heteroatoms. The molecule has 2 rings (SSSR count).